The number of hydrogen-bond acceptors (Lipinski definition) is 4. The molecule has 0 aliphatic rings. The lowest BCUT2D eigenvalue weighted by molar-refractivity contribution is 0.141. The van der Waals surface area contributed by atoms with Crippen LogP contribution in [0.1, 0.15) is 26.7 Å². The van der Waals surface area contributed by atoms with Gasteiger partial charge in [-0.05, 0) is 13.3 Å². The minimum atomic E-state index is -0.268. The zero-order chi connectivity index (χ0) is 13.4. The normalized spacial score (nSPS) is 10.6. The lowest BCUT2D eigenvalue weighted by Gasteiger charge is -2.09. The third-order valence-corrected chi connectivity index (χ3v) is 2.85. The fraction of sp³-hybridized carbons (Fsp3) is 0.667. The van der Waals surface area contributed by atoms with Gasteiger partial charge in [-0.1, -0.05) is 24.9 Å². The Hall–Kier alpha value is -1.07. The molecule has 0 spiro atoms. The standard InChI is InChI=1S/C12H20ClN3O2/c1-3-5-7-18-8-6-14-10-9-15-16(4-2)12(17)11(10)13/h9,14H,3-8H2,1-2H3. The van der Waals surface area contributed by atoms with Crippen molar-refractivity contribution < 1.29 is 4.74 Å². The average Bonchev–Trinajstić information content (AvgIpc) is 2.38. The molecule has 0 fully saturated rings. The molecule has 1 heterocycles. The number of aromatic nitrogens is 2. The van der Waals surface area contributed by atoms with Gasteiger partial charge >= 0.3 is 0 Å². The van der Waals surface area contributed by atoms with Crippen molar-refractivity contribution in [2.75, 3.05) is 25.1 Å². The van der Waals surface area contributed by atoms with Crippen molar-refractivity contribution in [3.8, 4) is 0 Å². The van der Waals surface area contributed by atoms with Crippen LogP contribution in [0.15, 0.2) is 11.0 Å². The quantitative estimate of drug-likeness (QED) is 0.738. The number of ether oxygens (including phenoxy) is 1. The number of halogens is 1. The third-order valence-electron chi connectivity index (χ3n) is 2.49. The summed E-state index contributed by atoms with van der Waals surface area (Å²) in [5.41, 5.74) is 0.293. The topological polar surface area (TPSA) is 56.1 Å². The fourth-order valence-electron chi connectivity index (χ4n) is 1.42. The van der Waals surface area contributed by atoms with Crippen LogP contribution < -0.4 is 10.9 Å². The average molecular weight is 274 g/mol. The first-order valence-corrected chi connectivity index (χ1v) is 6.65. The second-order valence-electron chi connectivity index (χ2n) is 3.89. The first kappa shape index (κ1) is 15.0. The van der Waals surface area contributed by atoms with Crippen molar-refractivity contribution in [1.82, 2.24) is 9.78 Å². The zero-order valence-electron chi connectivity index (χ0n) is 10.9. The number of rotatable bonds is 8. The third kappa shape index (κ3) is 4.31. The van der Waals surface area contributed by atoms with Crippen molar-refractivity contribution in [3.63, 3.8) is 0 Å². The van der Waals surface area contributed by atoms with Gasteiger partial charge in [-0.2, -0.15) is 5.10 Å². The highest BCUT2D eigenvalue weighted by Crippen LogP contribution is 2.14. The Morgan fingerprint density at radius 1 is 1.44 bits per heavy atom. The van der Waals surface area contributed by atoms with Gasteiger partial charge in [0.2, 0.25) is 0 Å². The molecule has 0 aliphatic carbocycles. The summed E-state index contributed by atoms with van der Waals surface area (Å²) in [6, 6.07) is 0. The Bertz CT molecular complexity index is 420. The lowest BCUT2D eigenvalue weighted by Crippen LogP contribution is -2.24. The maximum atomic E-state index is 11.7. The SMILES string of the molecule is CCCCOCCNc1cnn(CC)c(=O)c1Cl. The van der Waals surface area contributed by atoms with Crippen molar-refractivity contribution in [3.05, 3.63) is 21.6 Å². The molecular weight excluding hydrogens is 254 g/mol. The van der Waals surface area contributed by atoms with Gasteiger partial charge in [-0.25, -0.2) is 4.68 Å². The van der Waals surface area contributed by atoms with Gasteiger partial charge in [0.25, 0.3) is 5.56 Å². The van der Waals surface area contributed by atoms with Gasteiger partial charge in [-0.3, -0.25) is 4.79 Å². The van der Waals surface area contributed by atoms with Gasteiger partial charge < -0.3 is 10.1 Å². The van der Waals surface area contributed by atoms with Crippen LogP contribution in [-0.4, -0.2) is 29.5 Å². The van der Waals surface area contributed by atoms with E-state index in [2.05, 4.69) is 17.3 Å². The largest absolute Gasteiger partial charge is 0.380 e. The molecule has 1 rings (SSSR count). The van der Waals surface area contributed by atoms with Crippen LogP contribution in [0.2, 0.25) is 5.02 Å². The van der Waals surface area contributed by atoms with E-state index in [1.165, 1.54) is 4.68 Å². The number of hydrogen-bond donors (Lipinski definition) is 1. The van der Waals surface area contributed by atoms with E-state index in [4.69, 9.17) is 16.3 Å². The Balaban J connectivity index is 2.43. The van der Waals surface area contributed by atoms with Crippen LogP contribution in [0, 0.1) is 0 Å². The van der Waals surface area contributed by atoms with E-state index in [0.717, 1.165) is 19.4 Å². The molecule has 0 saturated heterocycles. The van der Waals surface area contributed by atoms with Crippen LogP contribution in [-0.2, 0) is 11.3 Å². The first-order chi connectivity index (χ1) is 8.70. The number of nitrogens with one attached hydrogen (secondary N) is 1. The van der Waals surface area contributed by atoms with Gasteiger partial charge in [-0.15, -0.1) is 0 Å². The highest BCUT2D eigenvalue weighted by molar-refractivity contribution is 6.32. The smallest absolute Gasteiger partial charge is 0.287 e. The van der Waals surface area contributed by atoms with Gasteiger partial charge in [0.15, 0.2) is 0 Å². The van der Waals surface area contributed by atoms with Crippen LogP contribution in [0.5, 0.6) is 0 Å². The summed E-state index contributed by atoms with van der Waals surface area (Å²) in [5, 5.41) is 7.23. The molecule has 0 atom stereocenters. The molecule has 102 valence electrons. The molecule has 0 bridgehead atoms. The number of anilines is 1. The molecule has 18 heavy (non-hydrogen) atoms. The minimum absolute atomic E-state index is 0.181. The molecule has 0 unspecified atom stereocenters. The summed E-state index contributed by atoms with van der Waals surface area (Å²) in [6.45, 7) is 6.45. The van der Waals surface area contributed by atoms with E-state index in [9.17, 15) is 4.79 Å². The summed E-state index contributed by atoms with van der Waals surface area (Å²) >= 11 is 5.96. The molecule has 1 aromatic heterocycles. The molecule has 0 amide bonds. The highest BCUT2D eigenvalue weighted by atomic mass is 35.5. The van der Waals surface area contributed by atoms with E-state index in [1.807, 2.05) is 6.92 Å². The maximum Gasteiger partial charge on any atom is 0.287 e. The minimum Gasteiger partial charge on any atom is -0.380 e. The number of unbranched alkanes of at least 4 members (excludes halogenated alkanes) is 1. The van der Waals surface area contributed by atoms with Crippen molar-refractivity contribution in [2.45, 2.75) is 33.2 Å². The van der Waals surface area contributed by atoms with E-state index < -0.39 is 0 Å². The molecule has 0 aliphatic heterocycles. The van der Waals surface area contributed by atoms with Crippen molar-refractivity contribution >= 4 is 17.3 Å². The lowest BCUT2D eigenvalue weighted by atomic mass is 10.4. The van der Waals surface area contributed by atoms with Gasteiger partial charge in [0, 0.05) is 19.7 Å². The summed E-state index contributed by atoms with van der Waals surface area (Å²) in [4.78, 5) is 11.7. The predicted molar refractivity (Wildman–Crippen MR) is 73.4 cm³/mol. The second-order valence-corrected chi connectivity index (χ2v) is 4.26. The predicted octanol–water partition coefficient (Wildman–Crippen LogP) is 2.15. The van der Waals surface area contributed by atoms with Crippen LogP contribution in [0.4, 0.5) is 5.69 Å². The summed E-state index contributed by atoms with van der Waals surface area (Å²) in [5.74, 6) is 0. The molecule has 0 saturated carbocycles. The van der Waals surface area contributed by atoms with Gasteiger partial charge in [0.1, 0.15) is 5.02 Å². The summed E-state index contributed by atoms with van der Waals surface area (Å²) in [7, 11) is 0. The number of aryl methyl sites for hydroxylation is 1. The van der Waals surface area contributed by atoms with E-state index in [-0.39, 0.29) is 10.6 Å². The summed E-state index contributed by atoms with van der Waals surface area (Å²) in [6.07, 6.45) is 3.76. The van der Waals surface area contributed by atoms with Crippen LogP contribution in [0.25, 0.3) is 0 Å². The second kappa shape index (κ2) is 8.11. The van der Waals surface area contributed by atoms with Crippen molar-refractivity contribution in [2.24, 2.45) is 0 Å². The highest BCUT2D eigenvalue weighted by Gasteiger charge is 2.07. The monoisotopic (exact) mass is 273 g/mol. The molecule has 0 aromatic carbocycles. The van der Waals surface area contributed by atoms with E-state index >= 15 is 0 Å². The van der Waals surface area contributed by atoms with Gasteiger partial charge in [0.05, 0.1) is 18.5 Å². The van der Waals surface area contributed by atoms with Crippen molar-refractivity contribution in [1.29, 1.82) is 0 Å². The number of nitrogens with zero attached hydrogens (tertiary/aromatic N) is 2. The molecule has 1 aromatic rings. The van der Waals surface area contributed by atoms with E-state index in [0.29, 0.717) is 25.4 Å². The molecule has 6 heteroatoms. The van der Waals surface area contributed by atoms with E-state index in [1.54, 1.807) is 6.20 Å². The summed E-state index contributed by atoms with van der Waals surface area (Å²) < 4.78 is 6.73. The Morgan fingerprint density at radius 2 is 2.22 bits per heavy atom. The van der Waals surface area contributed by atoms with Crippen LogP contribution in [0.3, 0.4) is 0 Å². The maximum absolute atomic E-state index is 11.7. The first-order valence-electron chi connectivity index (χ1n) is 6.27. The molecule has 0 radical (unpaired) electrons. The molecule has 1 N–H and O–H groups in total. The Kier molecular flexibility index (Phi) is 6.75. The zero-order valence-corrected chi connectivity index (χ0v) is 11.7. The molecular formula is C12H20ClN3O2. The molecule has 5 nitrogen and oxygen atoms in total. The fourth-order valence-corrected chi connectivity index (χ4v) is 1.63. The van der Waals surface area contributed by atoms with Crippen LogP contribution >= 0.6 is 11.6 Å². The Labute approximate surface area is 112 Å². The Morgan fingerprint density at radius 3 is 2.89 bits per heavy atom.